The van der Waals surface area contributed by atoms with Crippen LogP contribution in [-0.2, 0) is 17.8 Å². The van der Waals surface area contributed by atoms with E-state index in [4.69, 9.17) is 9.47 Å². The van der Waals surface area contributed by atoms with Gasteiger partial charge in [0.15, 0.2) is 17.3 Å². The number of hydrogen-bond acceptors (Lipinski definition) is 6. The van der Waals surface area contributed by atoms with Crippen molar-refractivity contribution in [1.29, 1.82) is 0 Å². The zero-order valence-corrected chi connectivity index (χ0v) is 17.5. The van der Waals surface area contributed by atoms with Crippen molar-refractivity contribution in [2.24, 2.45) is 0 Å². The molecule has 1 atom stereocenters. The Hall–Kier alpha value is -3.42. The third-order valence-corrected chi connectivity index (χ3v) is 5.78. The van der Waals surface area contributed by atoms with Crippen LogP contribution in [-0.4, -0.2) is 50.8 Å². The van der Waals surface area contributed by atoms with Crippen LogP contribution in [0.1, 0.15) is 41.4 Å². The van der Waals surface area contributed by atoms with Crippen molar-refractivity contribution in [1.82, 2.24) is 25.1 Å². The minimum Gasteiger partial charge on any atom is -0.486 e. The van der Waals surface area contributed by atoms with Gasteiger partial charge < -0.3 is 14.4 Å². The summed E-state index contributed by atoms with van der Waals surface area (Å²) in [5.41, 5.74) is 3.40. The maximum atomic E-state index is 13.0. The van der Waals surface area contributed by atoms with Crippen molar-refractivity contribution in [2.75, 3.05) is 19.8 Å². The fraction of sp³-hybridized carbons (Fsp3) is 0.391. The van der Waals surface area contributed by atoms with Gasteiger partial charge in [-0.25, -0.2) is 0 Å². The summed E-state index contributed by atoms with van der Waals surface area (Å²) in [7, 11) is 0. The Bertz CT molecular complexity index is 1080. The van der Waals surface area contributed by atoms with Gasteiger partial charge in [0, 0.05) is 13.0 Å². The predicted octanol–water partition coefficient (Wildman–Crippen LogP) is 2.71. The molecule has 2 aliphatic rings. The molecule has 5 rings (SSSR count). The quantitative estimate of drug-likeness (QED) is 0.632. The topological polar surface area (TPSA) is 82.4 Å². The van der Waals surface area contributed by atoms with Crippen LogP contribution in [0.5, 0.6) is 11.5 Å². The lowest BCUT2D eigenvalue weighted by atomic mass is 10.0. The van der Waals surface area contributed by atoms with E-state index in [1.165, 1.54) is 10.4 Å². The van der Waals surface area contributed by atoms with E-state index in [1.54, 1.807) is 0 Å². The molecule has 0 N–H and O–H groups in total. The maximum absolute atomic E-state index is 13.0. The molecular formula is C23H25N5O3. The summed E-state index contributed by atoms with van der Waals surface area (Å²) < 4.78 is 11.3. The van der Waals surface area contributed by atoms with E-state index in [0.29, 0.717) is 25.5 Å². The Morgan fingerprint density at radius 2 is 1.90 bits per heavy atom. The first-order valence-electron chi connectivity index (χ1n) is 10.7. The maximum Gasteiger partial charge on any atom is 0.246 e. The van der Waals surface area contributed by atoms with Crippen LogP contribution in [0.2, 0.25) is 0 Å². The number of aryl methyl sites for hydroxylation is 1. The molecule has 0 saturated carbocycles. The van der Waals surface area contributed by atoms with E-state index in [0.717, 1.165) is 42.0 Å². The highest BCUT2D eigenvalue weighted by atomic mass is 16.6. The first-order chi connectivity index (χ1) is 15.2. The van der Waals surface area contributed by atoms with Crippen molar-refractivity contribution in [3.05, 3.63) is 65.0 Å². The second-order valence-electron chi connectivity index (χ2n) is 8.05. The van der Waals surface area contributed by atoms with Crippen molar-refractivity contribution in [2.45, 2.75) is 38.8 Å². The molecule has 160 valence electrons. The highest BCUT2D eigenvalue weighted by Gasteiger charge is 2.31. The van der Waals surface area contributed by atoms with Crippen LogP contribution < -0.4 is 9.47 Å². The van der Waals surface area contributed by atoms with Crippen LogP contribution in [0.3, 0.4) is 0 Å². The normalized spacial score (nSPS) is 17.7. The van der Waals surface area contributed by atoms with Crippen molar-refractivity contribution in [3.8, 4) is 11.5 Å². The molecule has 0 radical (unpaired) electrons. The molecule has 8 heteroatoms. The number of carbonyl (C=O) groups excluding carboxylic acids is 1. The van der Waals surface area contributed by atoms with E-state index >= 15 is 0 Å². The van der Waals surface area contributed by atoms with Crippen LogP contribution in [0, 0.1) is 6.92 Å². The molecule has 2 aliphatic heterocycles. The highest BCUT2D eigenvalue weighted by Crippen LogP contribution is 2.38. The molecule has 1 aromatic heterocycles. The standard InChI is InChI=1S/C23H25N5O3/c1-16-4-6-17(7-5-16)13-22-24-26-28(25-22)15-23(29)27-10-2-3-19(27)18-8-9-20-21(14-18)31-12-11-30-20/h4-9,14,19H,2-3,10-13,15H2,1H3. The van der Waals surface area contributed by atoms with Gasteiger partial charge in [-0.05, 0) is 48.2 Å². The number of nitrogens with zero attached hydrogens (tertiary/aromatic N) is 5. The third kappa shape index (κ3) is 4.23. The van der Waals surface area contributed by atoms with Gasteiger partial charge >= 0.3 is 0 Å². The molecule has 2 aromatic carbocycles. The molecule has 1 unspecified atom stereocenters. The lowest BCUT2D eigenvalue weighted by Crippen LogP contribution is -2.34. The van der Waals surface area contributed by atoms with Gasteiger partial charge in [-0.15, -0.1) is 10.2 Å². The minimum atomic E-state index is -0.00308. The lowest BCUT2D eigenvalue weighted by molar-refractivity contribution is -0.133. The summed E-state index contributed by atoms with van der Waals surface area (Å²) in [4.78, 5) is 16.3. The van der Waals surface area contributed by atoms with Crippen molar-refractivity contribution < 1.29 is 14.3 Å². The fourth-order valence-electron chi connectivity index (χ4n) is 4.19. The summed E-state index contributed by atoms with van der Waals surface area (Å²) in [6, 6.07) is 14.2. The van der Waals surface area contributed by atoms with Crippen molar-refractivity contribution in [3.63, 3.8) is 0 Å². The van der Waals surface area contributed by atoms with Gasteiger partial charge in [0.05, 0.1) is 6.04 Å². The molecule has 1 fully saturated rings. The Morgan fingerprint density at radius 1 is 1.10 bits per heavy atom. The zero-order chi connectivity index (χ0) is 21.2. The summed E-state index contributed by atoms with van der Waals surface area (Å²) in [6.45, 7) is 3.98. The number of carbonyl (C=O) groups is 1. The number of ether oxygens (including phenoxy) is 2. The zero-order valence-electron chi connectivity index (χ0n) is 17.5. The summed E-state index contributed by atoms with van der Waals surface area (Å²) in [6.07, 6.45) is 2.49. The molecule has 3 aromatic rings. The number of amides is 1. The average molecular weight is 419 g/mol. The Balaban J connectivity index is 1.26. The largest absolute Gasteiger partial charge is 0.486 e. The van der Waals surface area contributed by atoms with Crippen LogP contribution in [0.4, 0.5) is 0 Å². The van der Waals surface area contributed by atoms with E-state index in [-0.39, 0.29) is 18.5 Å². The number of hydrogen-bond donors (Lipinski definition) is 0. The monoisotopic (exact) mass is 419 g/mol. The number of aromatic nitrogens is 4. The van der Waals surface area contributed by atoms with E-state index in [1.807, 2.05) is 23.1 Å². The molecular weight excluding hydrogens is 394 g/mol. The highest BCUT2D eigenvalue weighted by molar-refractivity contribution is 5.76. The molecule has 8 nitrogen and oxygen atoms in total. The number of tetrazole rings is 1. The van der Waals surface area contributed by atoms with Crippen molar-refractivity contribution >= 4 is 5.91 Å². The van der Waals surface area contributed by atoms with Crippen LogP contribution in [0.15, 0.2) is 42.5 Å². The molecule has 31 heavy (non-hydrogen) atoms. The summed E-state index contributed by atoms with van der Waals surface area (Å²) in [5, 5.41) is 12.6. The Labute approximate surface area is 180 Å². The van der Waals surface area contributed by atoms with Gasteiger partial charge in [-0.1, -0.05) is 35.9 Å². The first kappa shape index (κ1) is 19.5. The van der Waals surface area contributed by atoms with E-state index in [2.05, 4.69) is 46.6 Å². The number of rotatable bonds is 5. The first-order valence-corrected chi connectivity index (χ1v) is 10.7. The van der Waals surface area contributed by atoms with E-state index < -0.39 is 0 Å². The minimum absolute atomic E-state index is 0.00308. The summed E-state index contributed by atoms with van der Waals surface area (Å²) >= 11 is 0. The SMILES string of the molecule is Cc1ccc(Cc2nnn(CC(=O)N3CCCC3c3ccc4c(c3)OCCO4)n2)cc1. The summed E-state index contributed by atoms with van der Waals surface area (Å²) in [5.74, 6) is 2.12. The molecule has 1 saturated heterocycles. The van der Waals surface area contributed by atoms with Gasteiger partial charge in [-0.2, -0.15) is 4.80 Å². The van der Waals surface area contributed by atoms with Crippen LogP contribution >= 0.6 is 0 Å². The molecule has 3 heterocycles. The molecule has 0 aliphatic carbocycles. The fourth-order valence-corrected chi connectivity index (χ4v) is 4.19. The van der Waals surface area contributed by atoms with Gasteiger partial charge in [-0.3, -0.25) is 4.79 Å². The van der Waals surface area contributed by atoms with Gasteiger partial charge in [0.2, 0.25) is 5.91 Å². The predicted molar refractivity (Wildman–Crippen MR) is 113 cm³/mol. The van der Waals surface area contributed by atoms with E-state index in [9.17, 15) is 4.79 Å². The lowest BCUT2D eigenvalue weighted by Gasteiger charge is -2.26. The van der Waals surface area contributed by atoms with Gasteiger partial charge in [0.25, 0.3) is 0 Å². The second-order valence-corrected chi connectivity index (χ2v) is 8.05. The Kier molecular flexibility index (Phi) is 5.28. The number of fused-ring (bicyclic) bond motifs is 1. The molecule has 0 spiro atoms. The second kappa shape index (κ2) is 8.37. The number of benzene rings is 2. The third-order valence-electron chi connectivity index (χ3n) is 5.78. The molecule has 0 bridgehead atoms. The smallest absolute Gasteiger partial charge is 0.246 e. The van der Waals surface area contributed by atoms with Crippen LogP contribution in [0.25, 0.3) is 0 Å². The number of likely N-dealkylation sites (tertiary alicyclic amines) is 1. The average Bonchev–Trinajstić information content (AvgIpc) is 3.45. The van der Waals surface area contributed by atoms with Gasteiger partial charge in [0.1, 0.15) is 19.8 Å². The molecule has 1 amide bonds. The Morgan fingerprint density at radius 3 is 2.74 bits per heavy atom.